The van der Waals surface area contributed by atoms with Crippen LogP contribution in [-0.2, 0) is 20.9 Å². The van der Waals surface area contributed by atoms with Gasteiger partial charge in [0.05, 0.1) is 0 Å². The lowest BCUT2D eigenvalue weighted by molar-refractivity contribution is -0.137. The summed E-state index contributed by atoms with van der Waals surface area (Å²) in [7, 11) is 0. The van der Waals surface area contributed by atoms with Crippen molar-refractivity contribution >= 4 is 23.6 Å². The zero-order valence-corrected chi connectivity index (χ0v) is 13.8. The van der Waals surface area contributed by atoms with Crippen LogP contribution in [0.25, 0.3) is 0 Å². The van der Waals surface area contributed by atoms with Gasteiger partial charge in [-0.3, -0.25) is 19.1 Å². The van der Waals surface area contributed by atoms with Crippen LogP contribution in [-0.4, -0.2) is 38.7 Å². The van der Waals surface area contributed by atoms with E-state index in [0.717, 1.165) is 12.8 Å². The summed E-state index contributed by atoms with van der Waals surface area (Å²) in [4.78, 5) is 34.7. The third kappa shape index (κ3) is 5.68. The van der Waals surface area contributed by atoms with Gasteiger partial charge in [-0.2, -0.15) is 5.10 Å². The fourth-order valence-corrected chi connectivity index (χ4v) is 2.91. The number of carboxylic acid groups (broad SMARTS) is 1. The Morgan fingerprint density at radius 2 is 2.04 bits per heavy atom. The van der Waals surface area contributed by atoms with E-state index < -0.39 is 12.0 Å². The molecule has 1 fully saturated rings. The molecule has 0 saturated heterocycles. The molecular weight excluding hydrogens is 312 g/mol. The van der Waals surface area contributed by atoms with Crippen molar-refractivity contribution in [1.82, 2.24) is 15.1 Å². The number of rotatable bonds is 7. The second kappa shape index (κ2) is 8.47. The molecule has 1 aromatic rings. The number of carbonyl (C=O) groups is 3. The van der Waals surface area contributed by atoms with Crippen molar-refractivity contribution in [2.45, 2.75) is 58.0 Å². The minimum Gasteiger partial charge on any atom is -0.480 e. The molecule has 0 aromatic carbocycles. The number of hydrogen-bond donors (Lipinski definition) is 3. The van der Waals surface area contributed by atoms with Gasteiger partial charge in [0.1, 0.15) is 12.6 Å². The van der Waals surface area contributed by atoms with Gasteiger partial charge < -0.3 is 15.7 Å². The first-order valence-electron chi connectivity index (χ1n) is 8.29. The average molecular weight is 336 g/mol. The van der Waals surface area contributed by atoms with Crippen molar-refractivity contribution in [3.8, 4) is 0 Å². The monoisotopic (exact) mass is 336 g/mol. The lowest BCUT2D eigenvalue weighted by atomic mass is 9.87. The molecule has 1 heterocycles. The van der Waals surface area contributed by atoms with Crippen molar-refractivity contribution in [1.29, 1.82) is 0 Å². The standard InChI is InChI=1S/C16H24N4O4/c1-11(17-14(21)9-12-5-3-2-4-6-12)16(24)18-13-7-8-20(19-13)10-15(22)23/h7-8,11-12H,2-6,9-10H2,1H3,(H,17,21)(H,22,23)(H,18,19,24). The highest BCUT2D eigenvalue weighted by Gasteiger charge is 2.21. The number of amides is 2. The van der Waals surface area contributed by atoms with E-state index in [4.69, 9.17) is 5.11 Å². The molecule has 1 saturated carbocycles. The van der Waals surface area contributed by atoms with Crippen molar-refractivity contribution in [3.05, 3.63) is 12.3 Å². The van der Waals surface area contributed by atoms with Crippen LogP contribution in [0.1, 0.15) is 45.4 Å². The maximum absolute atomic E-state index is 12.1. The van der Waals surface area contributed by atoms with Gasteiger partial charge in [0.2, 0.25) is 11.8 Å². The highest BCUT2D eigenvalue weighted by atomic mass is 16.4. The van der Waals surface area contributed by atoms with Crippen LogP contribution in [0.3, 0.4) is 0 Å². The smallest absolute Gasteiger partial charge is 0.325 e. The third-order valence-electron chi connectivity index (χ3n) is 4.16. The highest BCUT2D eigenvalue weighted by Crippen LogP contribution is 2.26. The third-order valence-corrected chi connectivity index (χ3v) is 4.16. The Labute approximate surface area is 140 Å². The van der Waals surface area contributed by atoms with E-state index in [2.05, 4.69) is 15.7 Å². The predicted octanol–water partition coefficient (Wildman–Crippen LogP) is 1.38. The van der Waals surface area contributed by atoms with Crippen LogP contribution in [0.15, 0.2) is 12.3 Å². The largest absolute Gasteiger partial charge is 0.480 e. The first-order chi connectivity index (χ1) is 11.4. The Kier molecular flexibility index (Phi) is 6.34. The first kappa shape index (κ1) is 18.0. The quantitative estimate of drug-likeness (QED) is 0.696. The van der Waals surface area contributed by atoms with E-state index in [-0.39, 0.29) is 24.2 Å². The van der Waals surface area contributed by atoms with E-state index >= 15 is 0 Å². The molecule has 0 aliphatic heterocycles. The fraction of sp³-hybridized carbons (Fsp3) is 0.625. The Bertz CT molecular complexity index is 593. The van der Waals surface area contributed by atoms with Gasteiger partial charge in [-0.15, -0.1) is 0 Å². The number of anilines is 1. The van der Waals surface area contributed by atoms with Crippen LogP contribution < -0.4 is 10.6 Å². The summed E-state index contributed by atoms with van der Waals surface area (Å²) in [5, 5.41) is 17.9. The van der Waals surface area contributed by atoms with Crippen LogP contribution in [0.5, 0.6) is 0 Å². The van der Waals surface area contributed by atoms with Gasteiger partial charge in [0.25, 0.3) is 0 Å². The summed E-state index contributed by atoms with van der Waals surface area (Å²) in [6.45, 7) is 1.34. The second-order valence-electron chi connectivity index (χ2n) is 6.28. The summed E-state index contributed by atoms with van der Waals surface area (Å²) in [6, 6.07) is 0.836. The topological polar surface area (TPSA) is 113 Å². The molecule has 24 heavy (non-hydrogen) atoms. The number of aromatic nitrogens is 2. The normalized spacial score (nSPS) is 16.4. The highest BCUT2D eigenvalue weighted by molar-refractivity contribution is 5.96. The Morgan fingerprint density at radius 3 is 2.71 bits per heavy atom. The molecule has 0 spiro atoms. The van der Waals surface area contributed by atoms with E-state index in [1.54, 1.807) is 6.92 Å². The maximum atomic E-state index is 12.1. The van der Waals surface area contributed by atoms with Gasteiger partial charge in [-0.05, 0) is 25.7 Å². The molecule has 1 aliphatic carbocycles. The Morgan fingerprint density at radius 1 is 1.33 bits per heavy atom. The van der Waals surface area contributed by atoms with E-state index in [9.17, 15) is 14.4 Å². The molecule has 1 aromatic heterocycles. The Balaban J connectivity index is 1.77. The zero-order valence-electron chi connectivity index (χ0n) is 13.8. The number of nitrogens with one attached hydrogen (secondary N) is 2. The predicted molar refractivity (Wildman–Crippen MR) is 87.3 cm³/mol. The molecule has 3 N–H and O–H groups in total. The van der Waals surface area contributed by atoms with Gasteiger partial charge in [-0.1, -0.05) is 19.3 Å². The summed E-state index contributed by atoms with van der Waals surface area (Å²) >= 11 is 0. The van der Waals surface area contributed by atoms with E-state index in [1.807, 2.05) is 0 Å². The summed E-state index contributed by atoms with van der Waals surface area (Å²) < 4.78 is 1.21. The van der Waals surface area contributed by atoms with Crippen LogP contribution in [0, 0.1) is 5.92 Å². The second-order valence-corrected chi connectivity index (χ2v) is 6.28. The van der Waals surface area contributed by atoms with Gasteiger partial charge in [-0.25, -0.2) is 0 Å². The minimum absolute atomic E-state index is 0.110. The molecule has 1 aliphatic rings. The molecule has 2 amide bonds. The van der Waals surface area contributed by atoms with Crippen molar-refractivity contribution in [2.75, 3.05) is 5.32 Å². The molecule has 0 bridgehead atoms. The number of carbonyl (C=O) groups excluding carboxylic acids is 2. The number of nitrogens with zero attached hydrogens (tertiary/aromatic N) is 2. The number of carboxylic acids is 1. The molecular formula is C16H24N4O4. The van der Waals surface area contributed by atoms with Crippen LogP contribution >= 0.6 is 0 Å². The maximum Gasteiger partial charge on any atom is 0.325 e. The fourth-order valence-electron chi connectivity index (χ4n) is 2.91. The van der Waals surface area contributed by atoms with E-state index in [1.165, 1.54) is 36.2 Å². The molecule has 132 valence electrons. The number of aliphatic carboxylic acids is 1. The van der Waals surface area contributed by atoms with Crippen molar-refractivity contribution in [3.63, 3.8) is 0 Å². The van der Waals surface area contributed by atoms with Gasteiger partial charge >= 0.3 is 5.97 Å². The van der Waals surface area contributed by atoms with E-state index in [0.29, 0.717) is 12.3 Å². The summed E-state index contributed by atoms with van der Waals surface area (Å²) in [6.07, 6.45) is 7.68. The lowest BCUT2D eigenvalue weighted by Crippen LogP contribution is -2.42. The SMILES string of the molecule is CC(NC(=O)CC1CCCCC1)C(=O)Nc1ccn(CC(=O)O)n1. The zero-order chi connectivity index (χ0) is 17.5. The van der Waals surface area contributed by atoms with Gasteiger partial charge in [0.15, 0.2) is 5.82 Å². The van der Waals surface area contributed by atoms with Crippen molar-refractivity contribution < 1.29 is 19.5 Å². The molecule has 8 nitrogen and oxygen atoms in total. The summed E-state index contributed by atoms with van der Waals surface area (Å²) in [5.41, 5.74) is 0. The molecule has 8 heteroatoms. The lowest BCUT2D eigenvalue weighted by Gasteiger charge is -2.21. The van der Waals surface area contributed by atoms with Crippen molar-refractivity contribution in [2.24, 2.45) is 5.92 Å². The molecule has 1 unspecified atom stereocenters. The minimum atomic E-state index is -1.01. The first-order valence-corrected chi connectivity index (χ1v) is 8.29. The van der Waals surface area contributed by atoms with Crippen LogP contribution in [0.2, 0.25) is 0 Å². The molecule has 2 rings (SSSR count). The number of hydrogen-bond acceptors (Lipinski definition) is 4. The average Bonchev–Trinajstić information content (AvgIpc) is 2.94. The van der Waals surface area contributed by atoms with Crippen LogP contribution in [0.4, 0.5) is 5.82 Å². The Hall–Kier alpha value is -2.38. The molecule has 0 radical (unpaired) electrons. The summed E-state index contributed by atoms with van der Waals surface area (Å²) in [5.74, 6) is -0.830. The molecule has 1 atom stereocenters. The van der Waals surface area contributed by atoms with Gasteiger partial charge in [0, 0.05) is 18.7 Å².